The highest BCUT2D eigenvalue weighted by Crippen LogP contribution is 2.38. The SMILES string of the molecule is Cc1ccc(-c2nc3c(nc2-c2ccc(C)cc2)C(C(C)C)N(CCCCC2=NN=NC2)CC3)cc1. The first-order valence-electron chi connectivity index (χ1n) is 13.2. The van der Waals surface area contributed by atoms with Crippen molar-refractivity contribution in [2.75, 3.05) is 19.6 Å². The van der Waals surface area contributed by atoms with E-state index >= 15 is 0 Å². The van der Waals surface area contributed by atoms with Crippen molar-refractivity contribution >= 4 is 5.71 Å². The summed E-state index contributed by atoms with van der Waals surface area (Å²) in [6.45, 7) is 11.6. The maximum absolute atomic E-state index is 5.41. The highest BCUT2D eigenvalue weighted by molar-refractivity contribution is 5.87. The standard InChI is InChI=1S/C30H36N6/c1-20(2)30-29-26(16-18-36(30)17-6-5-7-25-19-31-35-34-25)32-27(23-12-8-21(3)9-13-23)28(33-29)24-14-10-22(4)11-15-24/h8-15,20,30H,5-7,16-19H2,1-4H3. The molecule has 0 spiro atoms. The Morgan fingerprint density at radius 3 is 2.08 bits per heavy atom. The Kier molecular flexibility index (Phi) is 7.33. The molecule has 3 aromatic rings. The molecule has 2 aliphatic rings. The lowest BCUT2D eigenvalue weighted by Gasteiger charge is -2.39. The molecule has 6 heteroatoms. The summed E-state index contributed by atoms with van der Waals surface area (Å²) in [5, 5.41) is 11.8. The first kappa shape index (κ1) is 24.4. The fraction of sp³-hybridized carbons (Fsp3) is 0.433. The van der Waals surface area contributed by atoms with Crippen LogP contribution in [0.4, 0.5) is 0 Å². The molecule has 0 saturated heterocycles. The third kappa shape index (κ3) is 5.29. The molecule has 2 aromatic carbocycles. The lowest BCUT2D eigenvalue weighted by atomic mass is 9.91. The van der Waals surface area contributed by atoms with E-state index in [-0.39, 0.29) is 6.04 Å². The summed E-state index contributed by atoms with van der Waals surface area (Å²) >= 11 is 0. The predicted molar refractivity (Wildman–Crippen MR) is 146 cm³/mol. The van der Waals surface area contributed by atoms with Crippen molar-refractivity contribution in [1.29, 1.82) is 0 Å². The number of aryl methyl sites for hydroxylation is 2. The van der Waals surface area contributed by atoms with Gasteiger partial charge < -0.3 is 0 Å². The number of rotatable bonds is 8. The van der Waals surface area contributed by atoms with Crippen LogP contribution in [0.25, 0.3) is 22.5 Å². The maximum Gasteiger partial charge on any atom is 0.102 e. The van der Waals surface area contributed by atoms with E-state index in [9.17, 15) is 0 Å². The van der Waals surface area contributed by atoms with Crippen LogP contribution in [0.5, 0.6) is 0 Å². The summed E-state index contributed by atoms with van der Waals surface area (Å²) in [6, 6.07) is 17.6. The van der Waals surface area contributed by atoms with Gasteiger partial charge in [-0.3, -0.25) is 4.90 Å². The summed E-state index contributed by atoms with van der Waals surface area (Å²) in [5.74, 6) is 0.450. The van der Waals surface area contributed by atoms with Crippen LogP contribution < -0.4 is 0 Å². The molecule has 0 bridgehead atoms. The number of hydrogen-bond acceptors (Lipinski definition) is 6. The maximum atomic E-state index is 5.41. The molecule has 5 rings (SSSR count). The van der Waals surface area contributed by atoms with Gasteiger partial charge in [-0.25, -0.2) is 9.97 Å². The van der Waals surface area contributed by atoms with E-state index in [1.165, 1.54) is 11.1 Å². The Morgan fingerprint density at radius 1 is 0.861 bits per heavy atom. The van der Waals surface area contributed by atoms with Gasteiger partial charge in [-0.1, -0.05) is 73.5 Å². The van der Waals surface area contributed by atoms with Crippen LogP contribution in [0.1, 0.15) is 61.7 Å². The van der Waals surface area contributed by atoms with Gasteiger partial charge in [0.25, 0.3) is 0 Å². The molecule has 6 nitrogen and oxygen atoms in total. The second-order valence-corrected chi connectivity index (χ2v) is 10.5. The smallest absolute Gasteiger partial charge is 0.102 e. The van der Waals surface area contributed by atoms with E-state index < -0.39 is 0 Å². The van der Waals surface area contributed by atoms with Gasteiger partial charge in [0.1, 0.15) is 6.54 Å². The van der Waals surface area contributed by atoms with E-state index in [2.05, 4.69) is 96.6 Å². The minimum atomic E-state index is 0.270. The molecule has 1 unspecified atom stereocenters. The summed E-state index contributed by atoms with van der Waals surface area (Å²) in [5.41, 5.74) is 10.1. The van der Waals surface area contributed by atoms with Crippen molar-refractivity contribution in [3.05, 3.63) is 71.0 Å². The molecule has 2 aliphatic heterocycles. The lowest BCUT2D eigenvalue weighted by molar-refractivity contribution is 0.136. The van der Waals surface area contributed by atoms with Crippen molar-refractivity contribution in [3.63, 3.8) is 0 Å². The first-order chi connectivity index (χ1) is 17.5. The number of nitrogens with zero attached hydrogens (tertiary/aromatic N) is 6. The number of aromatic nitrogens is 2. The predicted octanol–water partition coefficient (Wildman–Crippen LogP) is 6.97. The quantitative estimate of drug-likeness (QED) is 0.327. The summed E-state index contributed by atoms with van der Waals surface area (Å²) in [4.78, 5) is 13.3. The number of fused-ring (bicyclic) bond motifs is 1. The Morgan fingerprint density at radius 2 is 1.50 bits per heavy atom. The molecule has 0 fully saturated rings. The average molecular weight is 481 g/mol. The molecule has 0 saturated carbocycles. The second-order valence-electron chi connectivity index (χ2n) is 10.5. The van der Waals surface area contributed by atoms with Crippen molar-refractivity contribution < 1.29 is 0 Å². The Hall–Kier alpha value is -3.25. The fourth-order valence-corrected chi connectivity index (χ4v) is 5.29. The minimum absolute atomic E-state index is 0.270. The van der Waals surface area contributed by atoms with Gasteiger partial charge in [0.15, 0.2) is 0 Å². The van der Waals surface area contributed by atoms with Crippen LogP contribution in [0, 0.1) is 19.8 Å². The fourth-order valence-electron chi connectivity index (χ4n) is 5.29. The zero-order chi connectivity index (χ0) is 25.1. The van der Waals surface area contributed by atoms with Gasteiger partial charge in [0.2, 0.25) is 0 Å². The lowest BCUT2D eigenvalue weighted by Crippen LogP contribution is -2.40. The molecule has 1 aromatic heterocycles. The van der Waals surface area contributed by atoms with Crippen LogP contribution >= 0.6 is 0 Å². The third-order valence-corrected chi connectivity index (χ3v) is 7.25. The number of hydrogen-bond donors (Lipinski definition) is 0. The molecule has 0 radical (unpaired) electrons. The van der Waals surface area contributed by atoms with Gasteiger partial charge >= 0.3 is 0 Å². The van der Waals surface area contributed by atoms with Crippen LogP contribution in [0.3, 0.4) is 0 Å². The van der Waals surface area contributed by atoms with Crippen molar-refractivity contribution in [3.8, 4) is 22.5 Å². The molecule has 0 aliphatic carbocycles. The van der Waals surface area contributed by atoms with Gasteiger partial charge in [-0.05, 0) is 50.8 Å². The van der Waals surface area contributed by atoms with E-state index in [0.29, 0.717) is 12.5 Å². The monoisotopic (exact) mass is 480 g/mol. The second kappa shape index (κ2) is 10.8. The van der Waals surface area contributed by atoms with Crippen LogP contribution in [0.2, 0.25) is 0 Å². The Labute approximate surface area is 214 Å². The van der Waals surface area contributed by atoms with E-state index in [0.717, 1.165) is 78.4 Å². The zero-order valence-electron chi connectivity index (χ0n) is 21.9. The van der Waals surface area contributed by atoms with Gasteiger partial charge in [0, 0.05) is 24.1 Å². The van der Waals surface area contributed by atoms with Gasteiger partial charge in [-0.15, -0.1) is 5.10 Å². The van der Waals surface area contributed by atoms with Crippen LogP contribution in [-0.2, 0) is 6.42 Å². The topological polar surface area (TPSA) is 66.1 Å². The zero-order valence-corrected chi connectivity index (χ0v) is 21.9. The average Bonchev–Trinajstić information content (AvgIpc) is 3.40. The Bertz CT molecular complexity index is 1260. The molecule has 0 N–H and O–H groups in total. The van der Waals surface area contributed by atoms with Crippen molar-refractivity contribution in [2.45, 2.75) is 59.4 Å². The van der Waals surface area contributed by atoms with Crippen LogP contribution in [0.15, 0.2) is 64.0 Å². The van der Waals surface area contributed by atoms with Crippen molar-refractivity contribution in [1.82, 2.24) is 14.9 Å². The first-order valence-corrected chi connectivity index (χ1v) is 13.2. The molecule has 1 atom stereocenters. The van der Waals surface area contributed by atoms with Gasteiger partial charge in [-0.2, -0.15) is 5.11 Å². The minimum Gasteiger partial charge on any atom is -0.294 e. The molecular formula is C30H36N6. The van der Waals surface area contributed by atoms with Crippen molar-refractivity contribution in [2.24, 2.45) is 21.4 Å². The largest absolute Gasteiger partial charge is 0.294 e. The third-order valence-electron chi connectivity index (χ3n) is 7.25. The summed E-state index contributed by atoms with van der Waals surface area (Å²) < 4.78 is 0. The Balaban J connectivity index is 1.47. The molecule has 36 heavy (non-hydrogen) atoms. The normalized spacial score (nSPS) is 17.5. The number of benzene rings is 2. The van der Waals surface area contributed by atoms with Gasteiger partial charge in [0.05, 0.1) is 34.5 Å². The summed E-state index contributed by atoms with van der Waals surface area (Å²) in [6.07, 6.45) is 4.17. The highest BCUT2D eigenvalue weighted by Gasteiger charge is 2.33. The van der Waals surface area contributed by atoms with E-state index in [1.54, 1.807) is 0 Å². The van der Waals surface area contributed by atoms with E-state index in [1.807, 2.05) is 0 Å². The molecule has 3 heterocycles. The summed E-state index contributed by atoms with van der Waals surface area (Å²) in [7, 11) is 0. The molecule has 186 valence electrons. The highest BCUT2D eigenvalue weighted by atomic mass is 15.4. The molecular weight excluding hydrogens is 444 g/mol. The molecule has 0 amide bonds. The number of unbranched alkanes of at least 4 members (excludes halogenated alkanes) is 1. The van der Waals surface area contributed by atoms with E-state index in [4.69, 9.17) is 9.97 Å². The van der Waals surface area contributed by atoms with Crippen LogP contribution in [-0.4, -0.2) is 40.2 Å².